The Morgan fingerprint density at radius 2 is 1.67 bits per heavy atom. The highest BCUT2D eigenvalue weighted by Crippen LogP contribution is 2.56. The van der Waals surface area contributed by atoms with E-state index in [2.05, 4.69) is 59.5 Å². The highest BCUT2D eigenvalue weighted by molar-refractivity contribution is 5.66. The molecule has 0 aromatic rings. The molecule has 342 valence electrons. The van der Waals surface area contributed by atoms with Crippen molar-refractivity contribution in [3.8, 4) is 0 Å². The van der Waals surface area contributed by atoms with Gasteiger partial charge in [-0.25, -0.2) is 0 Å². The molecule has 3 spiro atoms. The number of nitrogens with one attached hydrogen (secondary N) is 1. The predicted octanol–water partition coefficient (Wildman–Crippen LogP) is 6.65. The second-order valence-corrected chi connectivity index (χ2v) is 21.5. The molecular formula is C48H73NO12. The first-order valence-electron chi connectivity index (χ1n) is 23.6. The van der Waals surface area contributed by atoms with E-state index >= 15 is 0 Å². The van der Waals surface area contributed by atoms with Gasteiger partial charge in [-0.1, -0.05) is 71.9 Å². The number of aliphatic hydroxyl groups is 2. The average Bonchev–Trinajstić information content (AvgIpc) is 3.86. The number of carbonyl (C=O) groups is 1. The number of ether oxygens (including phenoxy) is 8. The highest BCUT2D eigenvalue weighted by Gasteiger charge is 2.64. The van der Waals surface area contributed by atoms with Crippen LogP contribution in [-0.4, -0.2) is 112 Å². The Kier molecular flexibility index (Phi) is 11.9. The van der Waals surface area contributed by atoms with Gasteiger partial charge in [0.2, 0.25) is 0 Å². The molecule has 4 N–H and O–H groups in total. The molecule has 8 saturated heterocycles. The lowest BCUT2D eigenvalue weighted by atomic mass is 9.76. The van der Waals surface area contributed by atoms with Crippen LogP contribution in [0.5, 0.6) is 0 Å². The largest absolute Gasteiger partial charge is 0.481 e. The smallest absolute Gasteiger partial charge is 0.303 e. The molecule has 9 heterocycles. The SMILES string of the molecule is C=C(CC12CC(C)CC(O1)C1OC3(CC1O2)NCC(C)CC3C)C1OC(O)(C(O)C2CC3OC4(CCC5(CC(C)=CC(/C=C/CCC(=O)O)O5)O4)C(C)CC3O2)C(C)CC1C. The summed E-state index contributed by atoms with van der Waals surface area (Å²) in [7, 11) is 0. The number of allylic oxidation sites excluding steroid dienone is 1. The first-order valence-corrected chi connectivity index (χ1v) is 23.6. The Labute approximate surface area is 362 Å². The number of aliphatic hydroxyl groups excluding tert-OH is 1. The number of hydrogen-bond acceptors (Lipinski definition) is 12. The molecule has 9 rings (SSSR count). The van der Waals surface area contributed by atoms with E-state index in [9.17, 15) is 15.0 Å². The molecule has 0 aromatic heterocycles. The van der Waals surface area contributed by atoms with Gasteiger partial charge in [0.05, 0.1) is 42.7 Å². The van der Waals surface area contributed by atoms with Gasteiger partial charge in [0, 0.05) is 69.7 Å². The van der Waals surface area contributed by atoms with Crippen molar-refractivity contribution < 1.29 is 58.0 Å². The van der Waals surface area contributed by atoms with Crippen LogP contribution < -0.4 is 5.32 Å². The summed E-state index contributed by atoms with van der Waals surface area (Å²) < 4.78 is 54.4. The second-order valence-electron chi connectivity index (χ2n) is 21.5. The number of piperidine rings is 1. The first kappa shape index (κ1) is 44.5. The van der Waals surface area contributed by atoms with Crippen LogP contribution in [0.4, 0.5) is 0 Å². The van der Waals surface area contributed by atoms with Gasteiger partial charge in [0.1, 0.15) is 17.9 Å². The molecular weight excluding hydrogens is 783 g/mol. The molecule has 0 amide bonds. The maximum atomic E-state index is 12.4. The average molecular weight is 856 g/mol. The molecule has 0 aromatic carbocycles. The van der Waals surface area contributed by atoms with Gasteiger partial charge in [0.15, 0.2) is 23.1 Å². The molecule has 2 bridgehead atoms. The van der Waals surface area contributed by atoms with Crippen LogP contribution in [0.25, 0.3) is 0 Å². The molecule has 9 aliphatic rings. The summed E-state index contributed by atoms with van der Waals surface area (Å²) in [5.41, 5.74) is 1.54. The van der Waals surface area contributed by atoms with Crippen LogP contribution in [0.3, 0.4) is 0 Å². The summed E-state index contributed by atoms with van der Waals surface area (Å²) in [5.74, 6) is -4.32. The van der Waals surface area contributed by atoms with Gasteiger partial charge in [-0.05, 0) is 68.3 Å². The monoisotopic (exact) mass is 856 g/mol. The quantitative estimate of drug-likeness (QED) is 0.183. The zero-order valence-electron chi connectivity index (χ0n) is 37.5. The Bertz CT molecular complexity index is 1740. The van der Waals surface area contributed by atoms with Crippen LogP contribution >= 0.6 is 0 Å². The lowest BCUT2D eigenvalue weighted by molar-refractivity contribution is -0.367. The van der Waals surface area contributed by atoms with Crippen molar-refractivity contribution in [3.63, 3.8) is 0 Å². The number of carboxylic acids is 1. The van der Waals surface area contributed by atoms with Gasteiger partial charge in [-0.3, -0.25) is 10.1 Å². The molecule has 13 heteroatoms. The lowest BCUT2D eigenvalue weighted by Gasteiger charge is -2.53. The normalized spacial score (nSPS) is 52.4. The van der Waals surface area contributed by atoms with Crippen molar-refractivity contribution in [2.75, 3.05) is 6.54 Å². The van der Waals surface area contributed by atoms with E-state index in [0.717, 1.165) is 43.4 Å². The van der Waals surface area contributed by atoms with Crippen molar-refractivity contribution in [2.45, 2.75) is 216 Å². The third-order valence-electron chi connectivity index (χ3n) is 16.2. The Balaban J connectivity index is 0.850. The van der Waals surface area contributed by atoms with Gasteiger partial charge in [-0.2, -0.15) is 0 Å². The third-order valence-corrected chi connectivity index (χ3v) is 16.2. The van der Waals surface area contributed by atoms with Crippen LogP contribution in [0.2, 0.25) is 0 Å². The van der Waals surface area contributed by atoms with Crippen molar-refractivity contribution in [2.24, 2.45) is 35.5 Å². The summed E-state index contributed by atoms with van der Waals surface area (Å²) in [6.45, 7) is 20.6. The molecule has 61 heavy (non-hydrogen) atoms. The van der Waals surface area contributed by atoms with Crippen molar-refractivity contribution in [1.82, 2.24) is 5.32 Å². The zero-order chi connectivity index (χ0) is 43.3. The van der Waals surface area contributed by atoms with Crippen molar-refractivity contribution >= 4 is 5.97 Å². The molecule has 0 saturated carbocycles. The fourth-order valence-electron chi connectivity index (χ4n) is 13.2. The topological polar surface area (TPSA) is 164 Å². The van der Waals surface area contributed by atoms with Crippen LogP contribution in [0.15, 0.2) is 36.0 Å². The molecule has 20 atom stereocenters. The Hall–Kier alpha value is -1.75. The molecule has 0 aliphatic carbocycles. The van der Waals surface area contributed by atoms with E-state index in [1.165, 1.54) is 0 Å². The van der Waals surface area contributed by atoms with E-state index in [1.807, 2.05) is 19.1 Å². The summed E-state index contributed by atoms with van der Waals surface area (Å²) in [6, 6.07) is 0. The van der Waals surface area contributed by atoms with Crippen LogP contribution in [0, 0.1) is 35.5 Å². The second kappa shape index (κ2) is 16.3. The minimum Gasteiger partial charge on any atom is -0.481 e. The molecule has 20 unspecified atom stereocenters. The third kappa shape index (κ3) is 8.16. The molecule has 9 aliphatic heterocycles. The number of carboxylic acid groups (broad SMARTS) is 1. The number of hydrogen-bond donors (Lipinski definition) is 4. The van der Waals surface area contributed by atoms with E-state index in [-0.39, 0.29) is 60.8 Å². The van der Waals surface area contributed by atoms with Crippen molar-refractivity contribution in [1.29, 1.82) is 0 Å². The summed E-state index contributed by atoms with van der Waals surface area (Å²) in [5, 5.41) is 37.4. The van der Waals surface area contributed by atoms with E-state index in [0.29, 0.717) is 69.1 Å². The number of rotatable bonds is 9. The van der Waals surface area contributed by atoms with Gasteiger partial charge < -0.3 is 53.2 Å². The number of fused-ring (bicyclic) bond motifs is 5. The standard InChI is InChI=1S/C48H73NO12/c1-26-16-34(11-9-10-12-40(50)51)55-44(21-26)13-14-47(61-44)32(7)19-35-36(58-47)20-38(54-35)43(52)48(53)33(8)18-29(4)41(60-48)30(5)23-45-22-27(2)17-37(56-45)42-39(57-45)24-46(59-42)31(6)15-28(3)25-49-46/h9,11,16,27-29,31-39,41-43,49,52-53H,5,10,12-15,17-25H2,1-4,6-8H3,(H,50,51)/b11-9+. The molecule has 13 nitrogen and oxygen atoms in total. The summed E-state index contributed by atoms with van der Waals surface area (Å²) >= 11 is 0. The fourth-order valence-corrected chi connectivity index (χ4v) is 13.2. The van der Waals surface area contributed by atoms with E-state index in [4.69, 9.17) is 43.0 Å². The summed E-state index contributed by atoms with van der Waals surface area (Å²) in [6.07, 6.45) is 10.1. The van der Waals surface area contributed by atoms with E-state index < -0.39 is 53.2 Å². The first-order chi connectivity index (χ1) is 28.8. The molecule has 0 radical (unpaired) electrons. The Morgan fingerprint density at radius 1 is 0.885 bits per heavy atom. The van der Waals surface area contributed by atoms with Crippen LogP contribution in [-0.2, 0) is 42.7 Å². The van der Waals surface area contributed by atoms with Gasteiger partial charge in [0.25, 0.3) is 0 Å². The summed E-state index contributed by atoms with van der Waals surface area (Å²) in [4.78, 5) is 11.0. The maximum Gasteiger partial charge on any atom is 0.303 e. The minimum atomic E-state index is -1.88. The zero-order valence-corrected chi connectivity index (χ0v) is 37.5. The van der Waals surface area contributed by atoms with Gasteiger partial charge in [-0.15, -0.1) is 0 Å². The highest BCUT2D eigenvalue weighted by atomic mass is 16.8. The lowest BCUT2D eigenvalue weighted by Crippen LogP contribution is -2.62. The molecule has 8 fully saturated rings. The minimum absolute atomic E-state index is 0.0155. The van der Waals surface area contributed by atoms with E-state index in [1.54, 1.807) is 0 Å². The number of aliphatic carboxylic acids is 1. The van der Waals surface area contributed by atoms with Crippen LogP contribution in [0.1, 0.15) is 132 Å². The van der Waals surface area contributed by atoms with Crippen molar-refractivity contribution in [3.05, 3.63) is 36.0 Å². The fraction of sp³-hybridized carbons (Fsp3) is 0.854. The maximum absolute atomic E-state index is 12.4. The Morgan fingerprint density at radius 3 is 2.44 bits per heavy atom. The van der Waals surface area contributed by atoms with Gasteiger partial charge >= 0.3 is 5.97 Å². The predicted molar refractivity (Wildman–Crippen MR) is 224 cm³/mol.